The molecule has 1 unspecified atom stereocenters. The number of fused-ring (bicyclic) bond motifs is 1. The van der Waals surface area contributed by atoms with Crippen LogP contribution in [0.2, 0.25) is 0 Å². The Bertz CT molecular complexity index is 698. The SMILES string of the molecule is NC(=O)c1ccc2c(c1)NC(=O)C(c1ccccc1)CN2. The lowest BCUT2D eigenvalue weighted by Gasteiger charge is -2.13. The Hall–Kier alpha value is -2.82. The Morgan fingerprint density at radius 3 is 2.57 bits per heavy atom. The number of nitrogens with one attached hydrogen (secondary N) is 2. The summed E-state index contributed by atoms with van der Waals surface area (Å²) in [5, 5.41) is 6.09. The van der Waals surface area contributed by atoms with Gasteiger partial charge in [-0.15, -0.1) is 0 Å². The van der Waals surface area contributed by atoms with Crippen molar-refractivity contribution >= 4 is 23.2 Å². The molecular formula is C16H15N3O2. The van der Waals surface area contributed by atoms with Gasteiger partial charge in [0, 0.05) is 12.1 Å². The van der Waals surface area contributed by atoms with Gasteiger partial charge >= 0.3 is 0 Å². The highest BCUT2D eigenvalue weighted by molar-refractivity contribution is 6.02. The van der Waals surface area contributed by atoms with Crippen LogP contribution in [0.3, 0.4) is 0 Å². The number of carbonyl (C=O) groups excluding carboxylic acids is 2. The quantitative estimate of drug-likeness (QED) is 0.786. The summed E-state index contributed by atoms with van der Waals surface area (Å²) in [5.74, 6) is -0.902. The van der Waals surface area contributed by atoms with E-state index in [1.165, 1.54) is 0 Å². The number of benzene rings is 2. The third-order valence-electron chi connectivity index (χ3n) is 3.58. The fraction of sp³-hybridized carbons (Fsp3) is 0.125. The lowest BCUT2D eigenvalue weighted by Crippen LogP contribution is -2.23. The Labute approximate surface area is 122 Å². The second-order valence-corrected chi connectivity index (χ2v) is 4.96. The highest BCUT2D eigenvalue weighted by Gasteiger charge is 2.25. The standard InChI is InChI=1S/C16H15N3O2/c17-15(20)11-6-7-13-14(8-11)19-16(21)12(9-18-13)10-4-2-1-3-5-10/h1-8,12,18H,9H2,(H2,17,20)(H,19,21). The van der Waals surface area contributed by atoms with Crippen LogP contribution in [0.1, 0.15) is 21.8 Å². The first kappa shape index (κ1) is 13.2. The molecule has 1 atom stereocenters. The number of carbonyl (C=O) groups is 2. The first-order valence-corrected chi connectivity index (χ1v) is 6.68. The molecule has 4 N–H and O–H groups in total. The summed E-state index contributed by atoms with van der Waals surface area (Å²) in [6.07, 6.45) is 0. The van der Waals surface area contributed by atoms with Crippen LogP contribution in [0.15, 0.2) is 48.5 Å². The predicted molar refractivity (Wildman–Crippen MR) is 81.3 cm³/mol. The third-order valence-corrected chi connectivity index (χ3v) is 3.58. The maximum Gasteiger partial charge on any atom is 0.248 e. The highest BCUT2D eigenvalue weighted by Crippen LogP contribution is 2.29. The normalized spacial score (nSPS) is 17.1. The van der Waals surface area contributed by atoms with E-state index in [1.54, 1.807) is 18.2 Å². The van der Waals surface area contributed by atoms with Crippen LogP contribution in [0.4, 0.5) is 11.4 Å². The smallest absolute Gasteiger partial charge is 0.248 e. The average Bonchev–Trinajstić information content (AvgIpc) is 2.65. The molecule has 0 fully saturated rings. The number of anilines is 2. The van der Waals surface area contributed by atoms with Crippen molar-refractivity contribution in [3.8, 4) is 0 Å². The van der Waals surface area contributed by atoms with E-state index in [4.69, 9.17) is 5.73 Å². The molecule has 21 heavy (non-hydrogen) atoms. The second kappa shape index (κ2) is 5.28. The van der Waals surface area contributed by atoms with Crippen molar-refractivity contribution in [3.05, 3.63) is 59.7 Å². The molecule has 2 aromatic rings. The van der Waals surface area contributed by atoms with E-state index in [1.807, 2.05) is 30.3 Å². The lowest BCUT2D eigenvalue weighted by atomic mass is 9.98. The lowest BCUT2D eigenvalue weighted by molar-refractivity contribution is -0.117. The van der Waals surface area contributed by atoms with Crippen LogP contribution in [0, 0.1) is 0 Å². The monoisotopic (exact) mass is 281 g/mol. The summed E-state index contributed by atoms with van der Waals surface area (Å²) in [6, 6.07) is 14.6. The Morgan fingerprint density at radius 1 is 1.10 bits per heavy atom. The van der Waals surface area contributed by atoms with Gasteiger partial charge in [0.1, 0.15) is 0 Å². The molecular weight excluding hydrogens is 266 g/mol. The number of hydrogen-bond donors (Lipinski definition) is 3. The van der Waals surface area contributed by atoms with E-state index in [0.29, 0.717) is 17.8 Å². The van der Waals surface area contributed by atoms with Gasteiger partial charge in [0.2, 0.25) is 11.8 Å². The van der Waals surface area contributed by atoms with Crippen LogP contribution >= 0.6 is 0 Å². The van der Waals surface area contributed by atoms with Crippen LogP contribution in [-0.2, 0) is 4.79 Å². The van der Waals surface area contributed by atoms with E-state index in [-0.39, 0.29) is 11.8 Å². The summed E-state index contributed by atoms with van der Waals surface area (Å²) < 4.78 is 0. The van der Waals surface area contributed by atoms with Gasteiger partial charge in [-0.2, -0.15) is 0 Å². The summed E-state index contributed by atoms with van der Waals surface area (Å²) in [4.78, 5) is 23.6. The third kappa shape index (κ3) is 2.58. The highest BCUT2D eigenvalue weighted by atomic mass is 16.2. The first-order valence-electron chi connectivity index (χ1n) is 6.68. The van der Waals surface area contributed by atoms with Gasteiger partial charge in [0.05, 0.1) is 17.3 Å². The number of primary amides is 1. The largest absolute Gasteiger partial charge is 0.382 e. The minimum absolute atomic E-state index is 0.103. The van der Waals surface area contributed by atoms with E-state index in [2.05, 4.69) is 10.6 Å². The molecule has 0 saturated carbocycles. The minimum atomic E-state index is -0.518. The molecule has 5 heteroatoms. The molecule has 1 aliphatic rings. The fourth-order valence-electron chi connectivity index (χ4n) is 2.43. The summed E-state index contributed by atoms with van der Waals surface area (Å²) in [6.45, 7) is 0.499. The van der Waals surface area contributed by atoms with Gasteiger partial charge in [-0.25, -0.2) is 0 Å². The maximum atomic E-state index is 12.4. The van der Waals surface area contributed by atoms with Gasteiger partial charge in [-0.05, 0) is 23.8 Å². The predicted octanol–water partition coefficient (Wildman–Crippen LogP) is 1.93. The second-order valence-electron chi connectivity index (χ2n) is 4.96. The summed E-state index contributed by atoms with van der Waals surface area (Å²) in [7, 11) is 0. The molecule has 2 aromatic carbocycles. The number of nitrogens with two attached hydrogens (primary N) is 1. The Morgan fingerprint density at radius 2 is 1.86 bits per heavy atom. The van der Waals surface area contributed by atoms with Crippen molar-refractivity contribution in [3.63, 3.8) is 0 Å². The van der Waals surface area contributed by atoms with E-state index >= 15 is 0 Å². The van der Waals surface area contributed by atoms with E-state index in [9.17, 15) is 9.59 Å². The van der Waals surface area contributed by atoms with Gasteiger partial charge in [0.25, 0.3) is 0 Å². The summed E-state index contributed by atoms with van der Waals surface area (Å²) in [5.41, 5.74) is 7.95. The van der Waals surface area contributed by atoms with Crippen molar-refractivity contribution in [1.82, 2.24) is 0 Å². The number of hydrogen-bond acceptors (Lipinski definition) is 3. The molecule has 1 aliphatic heterocycles. The van der Waals surface area contributed by atoms with Gasteiger partial charge < -0.3 is 16.4 Å². The zero-order chi connectivity index (χ0) is 14.8. The maximum absolute atomic E-state index is 12.4. The fourth-order valence-corrected chi connectivity index (χ4v) is 2.43. The molecule has 0 aromatic heterocycles. The molecule has 0 bridgehead atoms. The van der Waals surface area contributed by atoms with Crippen molar-refractivity contribution in [1.29, 1.82) is 0 Å². The first-order chi connectivity index (χ1) is 10.1. The van der Waals surface area contributed by atoms with Gasteiger partial charge in [0.15, 0.2) is 0 Å². The molecule has 1 heterocycles. The molecule has 0 radical (unpaired) electrons. The Kier molecular flexibility index (Phi) is 3.31. The topological polar surface area (TPSA) is 84.2 Å². The number of rotatable bonds is 2. The molecule has 0 saturated heterocycles. The minimum Gasteiger partial charge on any atom is -0.382 e. The molecule has 0 aliphatic carbocycles. The van der Waals surface area contributed by atoms with Crippen molar-refractivity contribution in [2.24, 2.45) is 5.73 Å². The van der Waals surface area contributed by atoms with Gasteiger partial charge in [-0.1, -0.05) is 30.3 Å². The zero-order valence-corrected chi connectivity index (χ0v) is 11.3. The zero-order valence-electron chi connectivity index (χ0n) is 11.3. The van der Waals surface area contributed by atoms with Crippen LogP contribution in [0.5, 0.6) is 0 Å². The average molecular weight is 281 g/mol. The van der Waals surface area contributed by atoms with E-state index in [0.717, 1.165) is 11.3 Å². The molecule has 5 nitrogen and oxygen atoms in total. The molecule has 0 spiro atoms. The number of amides is 2. The molecule has 3 rings (SSSR count). The van der Waals surface area contributed by atoms with Crippen molar-refractivity contribution in [2.75, 3.05) is 17.2 Å². The Balaban J connectivity index is 1.92. The summed E-state index contributed by atoms with van der Waals surface area (Å²) >= 11 is 0. The van der Waals surface area contributed by atoms with E-state index < -0.39 is 5.91 Å². The van der Waals surface area contributed by atoms with Crippen molar-refractivity contribution in [2.45, 2.75) is 5.92 Å². The molecule has 2 amide bonds. The van der Waals surface area contributed by atoms with Gasteiger partial charge in [-0.3, -0.25) is 9.59 Å². The van der Waals surface area contributed by atoms with Crippen LogP contribution < -0.4 is 16.4 Å². The molecule has 106 valence electrons. The van der Waals surface area contributed by atoms with Crippen LogP contribution in [0.25, 0.3) is 0 Å². The van der Waals surface area contributed by atoms with Crippen molar-refractivity contribution < 1.29 is 9.59 Å². The van der Waals surface area contributed by atoms with Crippen LogP contribution in [-0.4, -0.2) is 18.4 Å².